The molecule has 0 spiro atoms. The predicted octanol–water partition coefficient (Wildman–Crippen LogP) is 1.83. The molecule has 1 aliphatic rings. The van der Waals surface area contributed by atoms with Crippen LogP contribution >= 0.6 is 0 Å². The van der Waals surface area contributed by atoms with Gasteiger partial charge in [0.15, 0.2) is 0 Å². The lowest BCUT2D eigenvalue weighted by atomic mass is 9.96. The van der Waals surface area contributed by atoms with Crippen LogP contribution < -0.4 is 10.1 Å². The summed E-state index contributed by atoms with van der Waals surface area (Å²) in [4.78, 5) is 25.5. The summed E-state index contributed by atoms with van der Waals surface area (Å²) in [5, 5.41) is 2.68. The second kappa shape index (κ2) is 8.41. The van der Waals surface area contributed by atoms with Crippen molar-refractivity contribution in [2.45, 2.75) is 25.7 Å². The molecular formula is C17H24N2O3. The van der Waals surface area contributed by atoms with E-state index < -0.39 is 0 Å². The Kier molecular flexibility index (Phi) is 6.25. The SMILES string of the molecule is CNC(=O)C1CCN(C(=O)CCCOc2ccccc2)CC1. The van der Waals surface area contributed by atoms with Gasteiger partial charge in [-0.25, -0.2) is 0 Å². The smallest absolute Gasteiger partial charge is 0.222 e. The van der Waals surface area contributed by atoms with Crippen LogP contribution in [0.3, 0.4) is 0 Å². The van der Waals surface area contributed by atoms with Crippen molar-refractivity contribution in [2.24, 2.45) is 5.92 Å². The molecule has 5 nitrogen and oxygen atoms in total. The summed E-state index contributed by atoms with van der Waals surface area (Å²) < 4.78 is 5.58. The van der Waals surface area contributed by atoms with Gasteiger partial charge in [0.2, 0.25) is 11.8 Å². The van der Waals surface area contributed by atoms with Crippen LogP contribution in [0.25, 0.3) is 0 Å². The maximum atomic E-state index is 12.1. The van der Waals surface area contributed by atoms with Crippen LogP contribution in [0.2, 0.25) is 0 Å². The standard InChI is InChI=1S/C17H24N2O3/c1-18-17(21)14-9-11-19(12-10-14)16(20)8-5-13-22-15-6-3-2-4-7-15/h2-4,6-7,14H,5,8-13H2,1H3,(H,18,21). The summed E-state index contributed by atoms with van der Waals surface area (Å²) in [5.74, 6) is 1.13. The number of hydrogen-bond donors (Lipinski definition) is 1. The Bertz CT molecular complexity index is 482. The van der Waals surface area contributed by atoms with E-state index >= 15 is 0 Å². The number of hydrogen-bond acceptors (Lipinski definition) is 3. The summed E-state index contributed by atoms with van der Waals surface area (Å²) in [7, 11) is 1.66. The second-order valence-corrected chi connectivity index (χ2v) is 5.53. The maximum absolute atomic E-state index is 12.1. The van der Waals surface area contributed by atoms with Gasteiger partial charge in [-0.3, -0.25) is 9.59 Å². The Balaban J connectivity index is 1.63. The zero-order chi connectivity index (χ0) is 15.8. The van der Waals surface area contributed by atoms with Crippen LogP contribution in [0.1, 0.15) is 25.7 Å². The first-order chi connectivity index (χ1) is 10.7. The fraction of sp³-hybridized carbons (Fsp3) is 0.529. The molecule has 1 fully saturated rings. The molecule has 1 aromatic rings. The quantitative estimate of drug-likeness (QED) is 0.816. The van der Waals surface area contributed by atoms with E-state index in [1.807, 2.05) is 35.2 Å². The highest BCUT2D eigenvalue weighted by Crippen LogP contribution is 2.18. The number of piperidine rings is 1. The zero-order valence-corrected chi connectivity index (χ0v) is 13.1. The van der Waals surface area contributed by atoms with Gasteiger partial charge in [-0.15, -0.1) is 0 Å². The lowest BCUT2D eigenvalue weighted by Crippen LogP contribution is -2.42. The number of para-hydroxylation sites is 1. The average Bonchev–Trinajstić information content (AvgIpc) is 2.59. The number of likely N-dealkylation sites (tertiary alicyclic amines) is 1. The number of rotatable bonds is 6. The van der Waals surface area contributed by atoms with Crippen LogP contribution in [0.4, 0.5) is 0 Å². The van der Waals surface area contributed by atoms with E-state index in [-0.39, 0.29) is 17.7 Å². The summed E-state index contributed by atoms with van der Waals surface area (Å²) >= 11 is 0. The Hall–Kier alpha value is -2.04. The van der Waals surface area contributed by atoms with Crippen LogP contribution in [0, 0.1) is 5.92 Å². The average molecular weight is 304 g/mol. The van der Waals surface area contributed by atoms with Gasteiger partial charge in [-0.05, 0) is 31.4 Å². The molecule has 5 heteroatoms. The molecule has 0 aliphatic carbocycles. The molecule has 2 amide bonds. The van der Waals surface area contributed by atoms with E-state index in [1.165, 1.54) is 0 Å². The van der Waals surface area contributed by atoms with E-state index in [4.69, 9.17) is 4.74 Å². The van der Waals surface area contributed by atoms with Crippen LogP contribution in [-0.4, -0.2) is 43.5 Å². The molecule has 1 N–H and O–H groups in total. The number of nitrogens with one attached hydrogen (secondary N) is 1. The number of amides is 2. The van der Waals surface area contributed by atoms with E-state index in [9.17, 15) is 9.59 Å². The van der Waals surface area contributed by atoms with Crippen molar-refractivity contribution in [1.29, 1.82) is 0 Å². The molecule has 22 heavy (non-hydrogen) atoms. The van der Waals surface area contributed by atoms with Gasteiger partial charge in [0.05, 0.1) is 6.61 Å². The normalized spacial score (nSPS) is 15.4. The second-order valence-electron chi connectivity index (χ2n) is 5.53. The molecule has 0 unspecified atom stereocenters. The fourth-order valence-electron chi connectivity index (χ4n) is 2.68. The number of nitrogens with zero attached hydrogens (tertiary/aromatic N) is 1. The van der Waals surface area contributed by atoms with E-state index in [1.54, 1.807) is 7.05 Å². The first-order valence-corrected chi connectivity index (χ1v) is 7.88. The Labute approximate surface area is 131 Å². The Morgan fingerprint density at radius 3 is 2.55 bits per heavy atom. The zero-order valence-electron chi connectivity index (χ0n) is 13.1. The third-order valence-electron chi connectivity index (χ3n) is 4.01. The van der Waals surface area contributed by atoms with E-state index in [2.05, 4.69) is 5.32 Å². The van der Waals surface area contributed by atoms with Gasteiger partial charge in [-0.1, -0.05) is 18.2 Å². The summed E-state index contributed by atoms with van der Waals surface area (Å²) in [6, 6.07) is 9.61. The van der Waals surface area contributed by atoms with Gasteiger partial charge in [0.1, 0.15) is 5.75 Å². The topological polar surface area (TPSA) is 58.6 Å². The minimum Gasteiger partial charge on any atom is -0.494 e. The number of carbonyl (C=O) groups excluding carboxylic acids is 2. The van der Waals surface area contributed by atoms with Crippen molar-refractivity contribution in [3.8, 4) is 5.75 Å². The van der Waals surface area contributed by atoms with Crippen LogP contribution in [0.15, 0.2) is 30.3 Å². The van der Waals surface area contributed by atoms with Gasteiger partial charge < -0.3 is 15.0 Å². The summed E-state index contributed by atoms with van der Waals surface area (Å²) in [5.41, 5.74) is 0. The summed E-state index contributed by atoms with van der Waals surface area (Å²) in [6.45, 7) is 1.90. The number of ether oxygens (including phenoxy) is 1. The first-order valence-electron chi connectivity index (χ1n) is 7.88. The minimum absolute atomic E-state index is 0.0514. The van der Waals surface area contributed by atoms with E-state index in [0.29, 0.717) is 32.5 Å². The Morgan fingerprint density at radius 1 is 1.23 bits per heavy atom. The van der Waals surface area contributed by atoms with Gasteiger partial charge >= 0.3 is 0 Å². The maximum Gasteiger partial charge on any atom is 0.222 e. The van der Waals surface area contributed by atoms with Crippen LogP contribution in [0.5, 0.6) is 5.75 Å². The largest absolute Gasteiger partial charge is 0.494 e. The van der Waals surface area contributed by atoms with Crippen molar-refractivity contribution in [3.63, 3.8) is 0 Å². The highest BCUT2D eigenvalue weighted by molar-refractivity contribution is 5.79. The van der Waals surface area contributed by atoms with Gasteiger partial charge in [0.25, 0.3) is 0 Å². The lowest BCUT2D eigenvalue weighted by molar-refractivity contribution is -0.135. The minimum atomic E-state index is 0.0514. The molecular weight excluding hydrogens is 280 g/mol. The molecule has 1 heterocycles. The summed E-state index contributed by atoms with van der Waals surface area (Å²) in [6.07, 6.45) is 2.72. The van der Waals surface area contributed by atoms with Crippen molar-refractivity contribution in [3.05, 3.63) is 30.3 Å². The highest BCUT2D eigenvalue weighted by Gasteiger charge is 2.26. The molecule has 0 saturated carbocycles. The van der Waals surface area contributed by atoms with Crippen molar-refractivity contribution < 1.29 is 14.3 Å². The first kappa shape index (κ1) is 16.3. The van der Waals surface area contributed by atoms with Gasteiger partial charge in [0, 0.05) is 32.5 Å². The molecule has 1 saturated heterocycles. The van der Waals surface area contributed by atoms with Crippen molar-refractivity contribution in [2.75, 3.05) is 26.7 Å². The number of carbonyl (C=O) groups is 2. The molecule has 0 bridgehead atoms. The lowest BCUT2D eigenvalue weighted by Gasteiger charge is -2.31. The molecule has 1 aromatic carbocycles. The fourth-order valence-corrected chi connectivity index (χ4v) is 2.68. The predicted molar refractivity (Wildman–Crippen MR) is 84.5 cm³/mol. The Morgan fingerprint density at radius 2 is 1.91 bits per heavy atom. The molecule has 0 radical (unpaired) electrons. The van der Waals surface area contributed by atoms with E-state index in [0.717, 1.165) is 18.6 Å². The third kappa shape index (κ3) is 4.76. The molecule has 1 aliphatic heterocycles. The van der Waals surface area contributed by atoms with Crippen molar-refractivity contribution >= 4 is 11.8 Å². The molecule has 0 aromatic heterocycles. The third-order valence-corrected chi connectivity index (χ3v) is 4.01. The molecule has 2 rings (SSSR count). The highest BCUT2D eigenvalue weighted by atomic mass is 16.5. The monoisotopic (exact) mass is 304 g/mol. The number of benzene rings is 1. The van der Waals surface area contributed by atoms with Crippen LogP contribution in [-0.2, 0) is 9.59 Å². The molecule has 0 atom stereocenters. The van der Waals surface area contributed by atoms with Gasteiger partial charge in [-0.2, -0.15) is 0 Å². The molecule has 120 valence electrons. The van der Waals surface area contributed by atoms with Crippen molar-refractivity contribution in [1.82, 2.24) is 10.2 Å².